The molecule has 3 rings (SSSR count). The molecule has 154 valence electrons. The number of benzene rings is 1. The fourth-order valence-electron chi connectivity index (χ4n) is 3.83. The van der Waals surface area contributed by atoms with E-state index in [4.69, 9.17) is 10.00 Å². The fraction of sp³-hybridized carbons (Fsp3) is 0.381. The van der Waals surface area contributed by atoms with Gasteiger partial charge in [-0.05, 0) is 30.5 Å². The summed E-state index contributed by atoms with van der Waals surface area (Å²) in [6.45, 7) is -0.385. The molecule has 1 aromatic rings. The Balaban J connectivity index is 2.23. The first-order chi connectivity index (χ1) is 14.3. The van der Waals surface area contributed by atoms with Gasteiger partial charge in [0.15, 0.2) is 5.70 Å². The Bertz CT molecular complexity index is 1030. The van der Waals surface area contributed by atoms with Gasteiger partial charge in [-0.3, -0.25) is 9.79 Å². The SMILES string of the molecule is N#CCCOC(=O)C1=C(C(F)(F)F)N=C2CCCC(=O)C2C1c1cccc(C#N)c1. The lowest BCUT2D eigenvalue weighted by atomic mass is 9.69. The van der Waals surface area contributed by atoms with Crippen LogP contribution in [0.15, 0.2) is 40.5 Å². The normalized spacial score (nSPS) is 21.2. The molecule has 2 atom stereocenters. The van der Waals surface area contributed by atoms with Crippen molar-refractivity contribution in [3.8, 4) is 12.1 Å². The summed E-state index contributed by atoms with van der Waals surface area (Å²) in [5, 5.41) is 17.8. The zero-order chi connectivity index (χ0) is 21.9. The number of carbonyl (C=O) groups excluding carboxylic acids is 2. The fourth-order valence-corrected chi connectivity index (χ4v) is 3.83. The highest BCUT2D eigenvalue weighted by atomic mass is 19.4. The van der Waals surface area contributed by atoms with Gasteiger partial charge in [0, 0.05) is 18.1 Å². The number of esters is 1. The number of rotatable bonds is 4. The molecule has 2 unspecified atom stereocenters. The van der Waals surface area contributed by atoms with Crippen LogP contribution in [0.2, 0.25) is 0 Å². The molecule has 1 heterocycles. The van der Waals surface area contributed by atoms with E-state index in [1.807, 2.05) is 6.07 Å². The van der Waals surface area contributed by atoms with Crippen molar-refractivity contribution in [1.29, 1.82) is 10.5 Å². The van der Waals surface area contributed by atoms with E-state index >= 15 is 0 Å². The molecule has 2 aliphatic rings. The predicted octanol–water partition coefficient (Wildman–Crippen LogP) is 3.74. The molecule has 0 spiro atoms. The number of Topliss-reactive ketones (excluding diaryl/α,β-unsaturated/α-hetero) is 1. The number of ketones is 1. The van der Waals surface area contributed by atoms with Crippen LogP contribution in [0.4, 0.5) is 13.2 Å². The van der Waals surface area contributed by atoms with E-state index in [-0.39, 0.29) is 48.5 Å². The summed E-state index contributed by atoms with van der Waals surface area (Å²) >= 11 is 0. The molecule has 9 heteroatoms. The minimum Gasteiger partial charge on any atom is -0.461 e. The maximum Gasteiger partial charge on any atom is 0.433 e. The van der Waals surface area contributed by atoms with Crippen LogP contribution >= 0.6 is 0 Å². The molecular formula is C21H16F3N3O3. The van der Waals surface area contributed by atoms with Gasteiger partial charge >= 0.3 is 12.1 Å². The molecule has 0 bridgehead atoms. The molecule has 6 nitrogen and oxygen atoms in total. The van der Waals surface area contributed by atoms with E-state index in [1.54, 1.807) is 6.07 Å². The Hall–Kier alpha value is -3.46. The summed E-state index contributed by atoms with van der Waals surface area (Å²) in [4.78, 5) is 29.1. The van der Waals surface area contributed by atoms with E-state index in [0.717, 1.165) is 0 Å². The van der Waals surface area contributed by atoms with Crippen molar-refractivity contribution < 1.29 is 27.5 Å². The molecule has 1 saturated carbocycles. The van der Waals surface area contributed by atoms with Crippen molar-refractivity contribution in [2.45, 2.75) is 37.8 Å². The number of allylic oxidation sites excluding steroid dienone is 1. The van der Waals surface area contributed by atoms with Gasteiger partial charge in [0.25, 0.3) is 0 Å². The van der Waals surface area contributed by atoms with Crippen molar-refractivity contribution in [2.75, 3.05) is 6.61 Å². The van der Waals surface area contributed by atoms with Crippen molar-refractivity contribution in [3.63, 3.8) is 0 Å². The highest BCUT2D eigenvalue weighted by molar-refractivity contribution is 6.11. The molecule has 0 amide bonds. The summed E-state index contributed by atoms with van der Waals surface area (Å²) in [6.07, 6.45) is -4.39. The van der Waals surface area contributed by atoms with Crippen LogP contribution < -0.4 is 0 Å². The van der Waals surface area contributed by atoms with Crippen LogP contribution in [0.5, 0.6) is 0 Å². The van der Waals surface area contributed by atoms with E-state index in [9.17, 15) is 28.0 Å². The third kappa shape index (κ3) is 4.11. The van der Waals surface area contributed by atoms with Crippen molar-refractivity contribution in [1.82, 2.24) is 0 Å². The minimum absolute atomic E-state index is 0.0829. The molecule has 1 aliphatic heterocycles. The van der Waals surface area contributed by atoms with Crippen LogP contribution in [0.3, 0.4) is 0 Å². The Morgan fingerprint density at radius 3 is 2.67 bits per heavy atom. The van der Waals surface area contributed by atoms with Crippen LogP contribution in [0.1, 0.15) is 42.7 Å². The average Bonchev–Trinajstić information content (AvgIpc) is 2.72. The van der Waals surface area contributed by atoms with Crippen molar-refractivity contribution in [2.24, 2.45) is 10.9 Å². The van der Waals surface area contributed by atoms with Gasteiger partial charge < -0.3 is 4.74 Å². The number of halogens is 3. The first-order valence-corrected chi connectivity index (χ1v) is 9.23. The number of alkyl halides is 3. The molecule has 0 radical (unpaired) electrons. The van der Waals surface area contributed by atoms with Gasteiger partial charge in [-0.15, -0.1) is 0 Å². The second kappa shape index (κ2) is 8.50. The van der Waals surface area contributed by atoms with Gasteiger partial charge in [-0.2, -0.15) is 23.7 Å². The lowest BCUT2D eigenvalue weighted by Gasteiger charge is -2.36. The number of hydrogen-bond acceptors (Lipinski definition) is 6. The summed E-state index contributed by atoms with van der Waals surface area (Å²) in [5.74, 6) is -3.89. The van der Waals surface area contributed by atoms with Gasteiger partial charge in [0.2, 0.25) is 0 Å². The van der Waals surface area contributed by atoms with Gasteiger partial charge in [-0.25, -0.2) is 4.79 Å². The molecule has 1 aliphatic carbocycles. The predicted molar refractivity (Wildman–Crippen MR) is 98.0 cm³/mol. The zero-order valence-corrected chi connectivity index (χ0v) is 15.7. The Morgan fingerprint density at radius 2 is 2.00 bits per heavy atom. The topological polar surface area (TPSA) is 103 Å². The molecule has 0 N–H and O–H groups in total. The Labute approximate surface area is 170 Å². The Kier molecular flexibility index (Phi) is 6.02. The lowest BCUT2D eigenvalue weighted by Crippen LogP contribution is -2.41. The van der Waals surface area contributed by atoms with Crippen molar-refractivity contribution >= 4 is 17.5 Å². The first kappa shape index (κ1) is 21.3. The molecule has 0 saturated heterocycles. The summed E-state index contributed by atoms with van der Waals surface area (Å²) in [6, 6.07) is 9.46. The number of nitriles is 2. The monoisotopic (exact) mass is 415 g/mol. The highest BCUT2D eigenvalue weighted by Crippen LogP contribution is 2.47. The molecule has 1 aromatic carbocycles. The molecule has 0 aromatic heterocycles. The van der Waals surface area contributed by atoms with Gasteiger partial charge in [0.1, 0.15) is 12.4 Å². The third-order valence-electron chi connectivity index (χ3n) is 5.03. The lowest BCUT2D eigenvalue weighted by molar-refractivity contribution is -0.141. The highest BCUT2D eigenvalue weighted by Gasteiger charge is 2.50. The van der Waals surface area contributed by atoms with Gasteiger partial charge in [-0.1, -0.05) is 12.1 Å². The maximum atomic E-state index is 13.9. The second-order valence-corrected chi connectivity index (χ2v) is 6.92. The zero-order valence-electron chi connectivity index (χ0n) is 15.7. The number of ether oxygens (including phenoxy) is 1. The summed E-state index contributed by atoms with van der Waals surface area (Å²) in [7, 11) is 0. The number of fused-ring (bicyclic) bond motifs is 1. The van der Waals surface area contributed by atoms with Crippen LogP contribution in [-0.4, -0.2) is 30.2 Å². The largest absolute Gasteiger partial charge is 0.461 e. The first-order valence-electron chi connectivity index (χ1n) is 9.23. The van der Waals surface area contributed by atoms with Crippen molar-refractivity contribution in [3.05, 3.63) is 46.7 Å². The number of nitrogens with zero attached hydrogens (tertiary/aromatic N) is 3. The van der Waals surface area contributed by atoms with E-state index in [1.165, 1.54) is 24.3 Å². The van der Waals surface area contributed by atoms with Gasteiger partial charge in [0.05, 0.1) is 35.6 Å². The number of carbonyl (C=O) groups is 2. The van der Waals surface area contributed by atoms with Crippen LogP contribution in [-0.2, 0) is 14.3 Å². The summed E-state index contributed by atoms with van der Waals surface area (Å²) < 4.78 is 46.5. The Morgan fingerprint density at radius 1 is 1.23 bits per heavy atom. The van der Waals surface area contributed by atoms with Crippen LogP contribution in [0.25, 0.3) is 0 Å². The quantitative estimate of drug-likeness (QED) is 0.551. The molecule has 30 heavy (non-hydrogen) atoms. The average molecular weight is 415 g/mol. The standard InChI is InChI=1S/C21H16F3N3O3/c22-21(23,24)19-18(20(29)30-9-3-8-25)16(13-5-1-4-12(10-13)11-26)17-14(27-19)6-2-7-15(17)28/h1,4-5,10,16-17H,2-3,6-7,9H2. The smallest absolute Gasteiger partial charge is 0.433 e. The van der Waals surface area contributed by atoms with E-state index < -0.39 is 35.3 Å². The maximum absolute atomic E-state index is 13.9. The summed E-state index contributed by atoms with van der Waals surface area (Å²) in [5.41, 5.74) is -1.65. The minimum atomic E-state index is -4.95. The van der Waals surface area contributed by atoms with Crippen LogP contribution in [0, 0.1) is 28.6 Å². The third-order valence-corrected chi connectivity index (χ3v) is 5.03. The van der Waals surface area contributed by atoms with E-state index in [2.05, 4.69) is 4.99 Å². The second-order valence-electron chi connectivity index (χ2n) is 6.92. The number of hydrogen-bond donors (Lipinski definition) is 0. The van der Waals surface area contributed by atoms with E-state index in [0.29, 0.717) is 6.42 Å². The number of aliphatic imine (C=N–C) groups is 1. The molecular weight excluding hydrogens is 399 g/mol. The molecule has 1 fully saturated rings.